The lowest BCUT2D eigenvalue weighted by atomic mass is 10.1. The SMILES string of the molecule is CN1C(=O)/C(=C/c2ccc(O)c([N+](=O)[O-])c2)SC1=Nc1cccc(C(=O)O)c1. The topological polar surface area (TPSA) is 133 Å². The number of nitro groups is 1. The summed E-state index contributed by atoms with van der Waals surface area (Å²) in [6.45, 7) is 0. The van der Waals surface area contributed by atoms with Gasteiger partial charge < -0.3 is 10.2 Å². The Balaban J connectivity index is 1.92. The Morgan fingerprint density at radius 2 is 2.04 bits per heavy atom. The normalized spacial score (nSPS) is 16.8. The number of amides is 1. The minimum absolute atomic E-state index is 0.0750. The second-order valence-corrected chi connectivity index (χ2v) is 6.74. The number of aromatic hydroxyl groups is 1. The fourth-order valence-corrected chi connectivity index (χ4v) is 3.39. The zero-order valence-electron chi connectivity index (χ0n) is 14.4. The van der Waals surface area contributed by atoms with Crippen molar-refractivity contribution in [2.24, 2.45) is 4.99 Å². The van der Waals surface area contributed by atoms with Gasteiger partial charge in [0.05, 0.1) is 21.1 Å². The number of carboxylic acid groups (broad SMARTS) is 1. The van der Waals surface area contributed by atoms with E-state index >= 15 is 0 Å². The van der Waals surface area contributed by atoms with Crippen molar-refractivity contribution in [2.75, 3.05) is 7.05 Å². The van der Waals surface area contributed by atoms with Crippen LogP contribution < -0.4 is 0 Å². The lowest BCUT2D eigenvalue weighted by Gasteiger charge is -2.07. The summed E-state index contributed by atoms with van der Waals surface area (Å²) in [5.74, 6) is -1.90. The fraction of sp³-hybridized carbons (Fsp3) is 0.0556. The number of aliphatic imine (C=N–C) groups is 1. The smallest absolute Gasteiger partial charge is 0.335 e. The third kappa shape index (κ3) is 3.86. The highest BCUT2D eigenvalue weighted by atomic mass is 32.2. The molecule has 1 fully saturated rings. The molecule has 0 radical (unpaired) electrons. The summed E-state index contributed by atoms with van der Waals surface area (Å²) in [5, 5.41) is 29.9. The second-order valence-electron chi connectivity index (χ2n) is 5.73. The Kier molecular flexibility index (Phi) is 5.14. The van der Waals surface area contributed by atoms with Crippen LogP contribution in [-0.4, -0.2) is 44.1 Å². The minimum Gasteiger partial charge on any atom is -0.502 e. The molecule has 0 aromatic heterocycles. The molecule has 0 atom stereocenters. The number of carboxylic acids is 1. The Bertz CT molecular complexity index is 1060. The van der Waals surface area contributed by atoms with Crippen molar-refractivity contribution in [3.05, 3.63) is 68.6 Å². The Morgan fingerprint density at radius 3 is 2.71 bits per heavy atom. The number of benzene rings is 2. The molecular formula is C18H13N3O6S. The summed E-state index contributed by atoms with van der Waals surface area (Å²) in [5.41, 5.74) is 0.370. The molecule has 2 N–H and O–H groups in total. The quantitative estimate of drug-likeness (QED) is 0.458. The highest BCUT2D eigenvalue weighted by Gasteiger charge is 2.30. The van der Waals surface area contributed by atoms with Crippen molar-refractivity contribution >= 4 is 46.3 Å². The third-order valence-corrected chi connectivity index (χ3v) is 4.88. The van der Waals surface area contributed by atoms with Crippen molar-refractivity contribution in [3.8, 4) is 5.75 Å². The van der Waals surface area contributed by atoms with Gasteiger partial charge in [-0.1, -0.05) is 12.1 Å². The molecule has 1 heterocycles. The number of thioether (sulfide) groups is 1. The molecule has 28 heavy (non-hydrogen) atoms. The Hall–Kier alpha value is -3.66. The van der Waals surface area contributed by atoms with Gasteiger partial charge in [-0.3, -0.25) is 19.8 Å². The van der Waals surface area contributed by atoms with Crippen LogP contribution in [0.4, 0.5) is 11.4 Å². The summed E-state index contributed by atoms with van der Waals surface area (Å²) in [6, 6.07) is 9.80. The van der Waals surface area contributed by atoms with Gasteiger partial charge in [0.2, 0.25) is 0 Å². The van der Waals surface area contributed by atoms with Gasteiger partial charge in [-0.2, -0.15) is 0 Å². The van der Waals surface area contributed by atoms with Crippen molar-refractivity contribution < 1.29 is 24.7 Å². The first-order chi connectivity index (χ1) is 13.3. The molecule has 1 amide bonds. The number of phenols is 1. The minimum atomic E-state index is -1.08. The van der Waals surface area contributed by atoms with Gasteiger partial charge in [0, 0.05) is 13.1 Å². The molecule has 2 aromatic carbocycles. The van der Waals surface area contributed by atoms with Crippen molar-refractivity contribution in [1.29, 1.82) is 0 Å². The highest BCUT2D eigenvalue weighted by molar-refractivity contribution is 8.18. The monoisotopic (exact) mass is 399 g/mol. The van der Waals surface area contributed by atoms with Crippen molar-refractivity contribution in [2.45, 2.75) is 0 Å². The zero-order chi connectivity index (χ0) is 20.4. The van der Waals surface area contributed by atoms with Gasteiger partial charge in [0.15, 0.2) is 10.9 Å². The van der Waals surface area contributed by atoms with Gasteiger partial charge in [-0.25, -0.2) is 9.79 Å². The van der Waals surface area contributed by atoms with E-state index in [-0.39, 0.29) is 16.4 Å². The molecule has 142 valence electrons. The maximum Gasteiger partial charge on any atom is 0.335 e. The van der Waals surface area contributed by atoms with Crippen LogP contribution in [0.5, 0.6) is 5.75 Å². The molecule has 0 saturated carbocycles. The molecule has 9 nitrogen and oxygen atoms in total. The molecule has 3 rings (SSSR count). The molecule has 0 bridgehead atoms. The van der Waals surface area contributed by atoms with E-state index in [0.29, 0.717) is 16.4 Å². The van der Waals surface area contributed by atoms with Crippen LogP contribution >= 0.6 is 11.8 Å². The van der Waals surface area contributed by atoms with Crippen LogP contribution in [0, 0.1) is 10.1 Å². The lowest BCUT2D eigenvalue weighted by Crippen LogP contribution is -2.23. The van der Waals surface area contributed by atoms with Gasteiger partial charge in [-0.05, 0) is 47.7 Å². The summed E-state index contributed by atoms with van der Waals surface area (Å²) in [6.07, 6.45) is 1.46. The third-order valence-electron chi connectivity index (χ3n) is 3.82. The Labute approximate surface area is 162 Å². The van der Waals surface area contributed by atoms with Crippen LogP contribution in [0.2, 0.25) is 0 Å². The standard InChI is InChI=1S/C18H13N3O6S/c1-20-16(23)15(8-10-5-6-14(22)13(7-10)21(26)27)28-18(20)19-12-4-2-3-11(9-12)17(24)25/h2-9,22H,1H3,(H,24,25)/b15-8-,19-18?. The van der Waals surface area contributed by atoms with Crippen LogP contribution in [0.1, 0.15) is 15.9 Å². The summed E-state index contributed by atoms with van der Waals surface area (Å²) < 4.78 is 0. The van der Waals surface area contributed by atoms with Gasteiger partial charge in [-0.15, -0.1) is 0 Å². The number of aromatic carboxylic acids is 1. The van der Waals surface area contributed by atoms with Crippen LogP contribution in [-0.2, 0) is 4.79 Å². The predicted octanol–water partition coefficient (Wildman–Crippen LogP) is 3.23. The molecule has 1 aliphatic heterocycles. The molecule has 0 unspecified atom stereocenters. The first kappa shape index (κ1) is 19.1. The number of carbonyl (C=O) groups excluding carboxylic acids is 1. The average Bonchev–Trinajstić information content (AvgIpc) is 2.91. The Morgan fingerprint density at radius 1 is 1.29 bits per heavy atom. The number of likely N-dealkylation sites (N-methyl/N-ethyl adjacent to an activating group) is 1. The summed E-state index contributed by atoms with van der Waals surface area (Å²) >= 11 is 1.06. The largest absolute Gasteiger partial charge is 0.502 e. The van der Waals surface area contributed by atoms with E-state index in [1.165, 1.54) is 48.4 Å². The molecule has 2 aromatic rings. The number of phenolic OH excluding ortho intramolecular Hbond substituents is 1. The number of nitro benzene ring substituents is 1. The molecule has 0 spiro atoms. The van der Waals surface area contributed by atoms with Crippen LogP contribution in [0.3, 0.4) is 0 Å². The molecular weight excluding hydrogens is 386 g/mol. The average molecular weight is 399 g/mol. The predicted molar refractivity (Wildman–Crippen MR) is 104 cm³/mol. The fourth-order valence-electron chi connectivity index (χ4n) is 2.40. The highest BCUT2D eigenvalue weighted by Crippen LogP contribution is 2.34. The molecule has 0 aliphatic carbocycles. The van der Waals surface area contributed by atoms with E-state index in [1.807, 2.05) is 0 Å². The van der Waals surface area contributed by atoms with E-state index in [4.69, 9.17) is 5.11 Å². The number of hydrogen-bond donors (Lipinski definition) is 2. The molecule has 10 heteroatoms. The lowest BCUT2D eigenvalue weighted by molar-refractivity contribution is -0.385. The zero-order valence-corrected chi connectivity index (χ0v) is 15.2. The first-order valence-electron chi connectivity index (χ1n) is 7.83. The van der Waals surface area contributed by atoms with E-state index in [9.17, 15) is 24.8 Å². The second kappa shape index (κ2) is 7.53. The number of hydrogen-bond acceptors (Lipinski definition) is 7. The van der Waals surface area contributed by atoms with Gasteiger partial charge >= 0.3 is 11.7 Å². The number of nitrogens with zero attached hydrogens (tertiary/aromatic N) is 3. The van der Waals surface area contributed by atoms with Gasteiger partial charge in [0.25, 0.3) is 5.91 Å². The number of carbonyl (C=O) groups is 2. The number of rotatable bonds is 4. The van der Waals surface area contributed by atoms with E-state index < -0.39 is 22.3 Å². The summed E-state index contributed by atoms with van der Waals surface area (Å²) in [4.78, 5) is 39.7. The van der Waals surface area contributed by atoms with E-state index in [1.54, 1.807) is 12.1 Å². The maximum absolute atomic E-state index is 12.4. The van der Waals surface area contributed by atoms with E-state index in [2.05, 4.69) is 4.99 Å². The van der Waals surface area contributed by atoms with Crippen molar-refractivity contribution in [3.63, 3.8) is 0 Å². The van der Waals surface area contributed by atoms with Gasteiger partial charge in [0.1, 0.15) is 0 Å². The van der Waals surface area contributed by atoms with Crippen LogP contribution in [0.25, 0.3) is 6.08 Å². The molecule has 1 saturated heterocycles. The molecule has 1 aliphatic rings. The first-order valence-corrected chi connectivity index (χ1v) is 8.65. The van der Waals surface area contributed by atoms with E-state index in [0.717, 1.165) is 11.8 Å². The van der Waals surface area contributed by atoms with Crippen molar-refractivity contribution in [1.82, 2.24) is 4.90 Å². The number of amidine groups is 1. The van der Waals surface area contributed by atoms with Crippen LogP contribution in [0.15, 0.2) is 52.4 Å². The summed E-state index contributed by atoms with van der Waals surface area (Å²) in [7, 11) is 1.52. The maximum atomic E-state index is 12.4.